The number of benzene rings is 2. The van der Waals surface area contributed by atoms with Crippen molar-refractivity contribution in [2.24, 2.45) is 0 Å². The number of methoxy groups -OCH3 is 1. The molecule has 0 fully saturated rings. The van der Waals surface area contributed by atoms with Gasteiger partial charge in [-0.15, -0.1) is 11.8 Å². The van der Waals surface area contributed by atoms with Gasteiger partial charge in [-0.1, -0.05) is 17.7 Å². The first-order chi connectivity index (χ1) is 11.6. The first-order valence-electron chi connectivity index (χ1n) is 7.88. The zero-order valence-corrected chi connectivity index (χ0v) is 15.6. The molecule has 24 heavy (non-hydrogen) atoms. The van der Waals surface area contributed by atoms with Crippen molar-refractivity contribution >= 4 is 35.0 Å². The second kappa shape index (κ2) is 7.08. The average Bonchev–Trinajstić information content (AvgIpc) is 2.61. The van der Waals surface area contributed by atoms with Crippen molar-refractivity contribution in [2.45, 2.75) is 24.7 Å². The molecular formula is C19H20ClNO2S. The van der Waals surface area contributed by atoms with Crippen LogP contribution in [0.3, 0.4) is 0 Å². The number of hydrogen-bond acceptors (Lipinski definition) is 3. The van der Waals surface area contributed by atoms with E-state index in [2.05, 4.69) is 6.92 Å². The van der Waals surface area contributed by atoms with E-state index in [4.69, 9.17) is 16.3 Å². The Balaban J connectivity index is 2.10. The van der Waals surface area contributed by atoms with Gasteiger partial charge in [0.05, 0.1) is 23.4 Å². The summed E-state index contributed by atoms with van der Waals surface area (Å²) in [5.41, 5.74) is 3.80. The van der Waals surface area contributed by atoms with Crippen molar-refractivity contribution in [1.82, 2.24) is 0 Å². The molecule has 0 saturated carbocycles. The Bertz CT molecular complexity index is 791. The highest BCUT2D eigenvalue weighted by Gasteiger charge is 2.29. The number of nitrogens with zero attached hydrogens (tertiary/aromatic N) is 1. The fourth-order valence-corrected chi connectivity index (χ4v) is 3.80. The van der Waals surface area contributed by atoms with Gasteiger partial charge in [0.1, 0.15) is 5.75 Å². The summed E-state index contributed by atoms with van der Waals surface area (Å²) in [5, 5.41) is 0.483. The van der Waals surface area contributed by atoms with Crippen molar-refractivity contribution in [1.29, 1.82) is 0 Å². The van der Waals surface area contributed by atoms with E-state index in [0.717, 1.165) is 29.2 Å². The van der Waals surface area contributed by atoms with E-state index in [1.54, 1.807) is 24.9 Å². The summed E-state index contributed by atoms with van der Waals surface area (Å²) >= 11 is 7.91. The van der Waals surface area contributed by atoms with Crippen LogP contribution in [0, 0.1) is 6.92 Å². The van der Waals surface area contributed by atoms with Gasteiger partial charge in [-0.3, -0.25) is 4.79 Å². The molecule has 0 radical (unpaired) electrons. The standard InChI is InChI=1S/C19H20ClNO2S/c1-12-6-9-17(23-2)18-14(12)5-4-10-21(18)19(22)15-11-13(24-3)7-8-16(15)20/h6-9,11H,4-5,10H2,1-3H3. The summed E-state index contributed by atoms with van der Waals surface area (Å²) in [6.07, 6.45) is 3.88. The van der Waals surface area contributed by atoms with Gasteiger partial charge in [0.15, 0.2) is 0 Å². The number of halogens is 1. The molecule has 2 aromatic rings. The first kappa shape index (κ1) is 17.2. The van der Waals surface area contributed by atoms with Crippen LogP contribution in [-0.4, -0.2) is 25.8 Å². The van der Waals surface area contributed by atoms with Gasteiger partial charge in [0, 0.05) is 11.4 Å². The molecule has 0 atom stereocenters. The third kappa shape index (κ3) is 3.01. The highest BCUT2D eigenvalue weighted by Crippen LogP contribution is 2.39. The average molecular weight is 362 g/mol. The topological polar surface area (TPSA) is 29.5 Å². The van der Waals surface area contributed by atoms with Crippen LogP contribution in [0.15, 0.2) is 35.2 Å². The molecule has 126 valence electrons. The van der Waals surface area contributed by atoms with Crippen molar-refractivity contribution in [3.63, 3.8) is 0 Å². The predicted molar refractivity (Wildman–Crippen MR) is 101 cm³/mol. The van der Waals surface area contributed by atoms with Crippen LogP contribution in [0.25, 0.3) is 0 Å². The Hall–Kier alpha value is -1.65. The van der Waals surface area contributed by atoms with Gasteiger partial charge in [-0.2, -0.15) is 0 Å². The Kier molecular flexibility index (Phi) is 5.07. The summed E-state index contributed by atoms with van der Waals surface area (Å²) in [5.74, 6) is 0.668. The minimum atomic E-state index is -0.0687. The van der Waals surface area contributed by atoms with Crippen LogP contribution in [-0.2, 0) is 6.42 Å². The molecule has 3 nitrogen and oxygen atoms in total. The van der Waals surface area contributed by atoms with Crippen molar-refractivity contribution in [3.05, 3.63) is 52.0 Å². The number of hydrogen-bond donors (Lipinski definition) is 0. The molecule has 0 bridgehead atoms. The van der Waals surface area contributed by atoms with Gasteiger partial charge < -0.3 is 9.64 Å². The van der Waals surface area contributed by atoms with Crippen LogP contribution in [0.4, 0.5) is 5.69 Å². The molecule has 0 saturated heterocycles. The van der Waals surface area contributed by atoms with Crippen molar-refractivity contribution in [3.8, 4) is 5.75 Å². The lowest BCUT2D eigenvalue weighted by molar-refractivity contribution is 0.0984. The lowest BCUT2D eigenvalue weighted by Gasteiger charge is -2.32. The van der Waals surface area contributed by atoms with Crippen LogP contribution in [0.5, 0.6) is 5.75 Å². The van der Waals surface area contributed by atoms with E-state index in [1.807, 2.05) is 35.4 Å². The van der Waals surface area contributed by atoms with Gasteiger partial charge in [0.25, 0.3) is 5.91 Å². The molecule has 3 rings (SSSR count). The zero-order chi connectivity index (χ0) is 17.3. The summed E-state index contributed by atoms with van der Waals surface area (Å²) in [6, 6.07) is 9.57. The number of thioether (sulfide) groups is 1. The summed E-state index contributed by atoms with van der Waals surface area (Å²) in [6.45, 7) is 2.75. The van der Waals surface area contributed by atoms with E-state index in [-0.39, 0.29) is 5.91 Å². The number of rotatable bonds is 3. The van der Waals surface area contributed by atoms with E-state index < -0.39 is 0 Å². The third-order valence-corrected chi connectivity index (χ3v) is 5.48. The number of aryl methyl sites for hydroxylation is 1. The maximum atomic E-state index is 13.2. The molecular weight excluding hydrogens is 342 g/mol. The van der Waals surface area contributed by atoms with Crippen LogP contribution in [0.2, 0.25) is 5.02 Å². The number of carbonyl (C=O) groups is 1. The second-order valence-corrected chi connectivity index (χ2v) is 7.10. The highest BCUT2D eigenvalue weighted by atomic mass is 35.5. The Labute approximate surface area is 151 Å². The second-order valence-electron chi connectivity index (χ2n) is 5.82. The van der Waals surface area contributed by atoms with Gasteiger partial charge in [-0.25, -0.2) is 0 Å². The lowest BCUT2D eigenvalue weighted by Crippen LogP contribution is -2.36. The van der Waals surface area contributed by atoms with E-state index >= 15 is 0 Å². The Morgan fingerprint density at radius 3 is 2.79 bits per heavy atom. The maximum absolute atomic E-state index is 13.2. The molecule has 0 aliphatic carbocycles. The third-order valence-electron chi connectivity index (χ3n) is 4.43. The molecule has 1 aliphatic heterocycles. The fraction of sp³-hybridized carbons (Fsp3) is 0.316. The largest absolute Gasteiger partial charge is 0.495 e. The van der Waals surface area contributed by atoms with Gasteiger partial charge in [0.2, 0.25) is 0 Å². The molecule has 0 spiro atoms. The predicted octanol–water partition coefficient (Wildman–Crippen LogP) is 4.97. The molecule has 1 aliphatic rings. The summed E-state index contributed by atoms with van der Waals surface area (Å²) in [7, 11) is 1.64. The minimum absolute atomic E-state index is 0.0687. The molecule has 0 unspecified atom stereocenters. The number of anilines is 1. The summed E-state index contributed by atoms with van der Waals surface area (Å²) in [4.78, 5) is 16.0. The smallest absolute Gasteiger partial charge is 0.259 e. The Morgan fingerprint density at radius 1 is 1.29 bits per heavy atom. The SMILES string of the molecule is COc1ccc(C)c2c1N(C(=O)c1cc(SC)ccc1Cl)CCC2. The highest BCUT2D eigenvalue weighted by molar-refractivity contribution is 7.98. The molecule has 0 N–H and O–H groups in total. The first-order valence-corrected chi connectivity index (χ1v) is 9.49. The zero-order valence-electron chi connectivity index (χ0n) is 14.1. The van der Waals surface area contributed by atoms with E-state index in [9.17, 15) is 4.79 Å². The van der Waals surface area contributed by atoms with Crippen molar-refractivity contribution in [2.75, 3.05) is 24.8 Å². The van der Waals surface area contributed by atoms with Gasteiger partial charge in [-0.05, 0) is 61.4 Å². The number of fused-ring (bicyclic) bond motifs is 1. The Morgan fingerprint density at radius 2 is 2.08 bits per heavy atom. The fourth-order valence-electron chi connectivity index (χ4n) is 3.16. The normalized spacial score (nSPS) is 13.6. The monoisotopic (exact) mass is 361 g/mol. The van der Waals surface area contributed by atoms with Gasteiger partial charge >= 0.3 is 0 Å². The molecule has 1 heterocycles. The minimum Gasteiger partial charge on any atom is -0.495 e. The van der Waals surface area contributed by atoms with E-state index in [0.29, 0.717) is 17.1 Å². The summed E-state index contributed by atoms with van der Waals surface area (Å²) < 4.78 is 5.53. The molecule has 5 heteroatoms. The molecule has 2 aromatic carbocycles. The van der Waals surface area contributed by atoms with Crippen LogP contribution >= 0.6 is 23.4 Å². The van der Waals surface area contributed by atoms with Crippen LogP contribution < -0.4 is 9.64 Å². The van der Waals surface area contributed by atoms with Crippen molar-refractivity contribution < 1.29 is 9.53 Å². The molecule has 1 amide bonds. The molecule has 0 aromatic heterocycles. The van der Waals surface area contributed by atoms with Crippen LogP contribution in [0.1, 0.15) is 27.9 Å². The number of ether oxygens (including phenoxy) is 1. The number of amides is 1. The maximum Gasteiger partial charge on any atom is 0.259 e. The quantitative estimate of drug-likeness (QED) is 0.723. The lowest BCUT2D eigenvalue weighted by atomic mass is 9.95. The number of carbonyl (C=O) groups excluding carboxylic acids is 1. The van der Waals surface area contributed by atoms with E-state index in [1.165, 1.54) is 11.1 Å².